The predicted octanol–water partition coefficient (Wildman–Crippen LogP) is 3.43. The molecule has 0 radical (unpaired) electrons. The summed E-state index contributed by atoms with van der Waals surface area (Å²) in [6.07, 6.45) is 5.25. The van der Waals surface area contributed by atoms with E-state index in [-0.39, 0.29) is 18.2 Å². The number of fused-ring (bicyclic) bond motifs is 1. The second-order valence-corrected chi connectivity index (χ2v) is 5.60. The quantitative estimate of drug-likeness (QED) is 0.867. The number of halogens is 2. The number of benzene rings is 1. The first-order chi connectivity index (χ1) is 8.33. The van der Waals surface area contributed by atoms with Crippen LogP contribution in [0.3, 0.4) is 0 Å². The summed E-state index contributed by atoms with van der Waals surface area (Å²) in [5.41, 5.74) is 1.30. The van der Waals surface area contributed by atoms with Gasteiger partial charge >= 0.3 is 0 Å². The molecule has 1 nitrogen and oxygen atoms in total. The first-order valence-electron chi connectivity index (χ1n) is 6.78. The van der Waals surface area contributed by atoms with E-state index in [4.69, 9.17) is 0 Å². The Balaban J connectivity index is 0.00000120. The van der Waals surface area contributed by atoms with E-state index in [0.717, 1.165) is 24.2 Å². The Morgan fingerprint density at radius 1 is 1.11 bits per heavy atom. The highest BCUT2D eigenvalue weighted by Crippen LogP contribution is 2.38. The fraction of sp³-hybridized carbons (Fsp3) is 0.600. The maximum Gasteiger partial charge on any atom is 0.123 e. The van der Waals surface area contributed by atoms with Crippen molar-refractivity contribution in [3.63, 3.8) is 0 Å². The van der Waals surface area contributed by atoms with Crippen LogP contribution in [0.2, 0.25) is 0 Å². The van der Waals surface area contributed by atoms with E-state index in [2.05, 4.69) is 5.32 Å². The fourth-order valence-electron chi connectivity index (χ4n) is 3.65. The molecule has 0 spiro atoms. The molecule has 1 saturated heterocycles. The lowest BCUT2D eigenvalue weighted by molar-refractivity contribution is 0.198. The molecule has 1 saturated carbocycles. The summed E-state index contributed by atoms with van der Waals surface area (Å²) in [4.78, 5) is 0. The first kappa shape index (κ1) is 13.8. The Labute approximate surface area is 115 Å². The average molecular weight is 270 g/mol. The van der Waals surface area contributed by atoms with Gasteiger partial charge < -0.3 is 5.32 Å². The van der Waals surface area contributed by atoms with Crippen LogP contribution in [0.1, 0.15) is 24.8 Å². The van der Waals surface area contributed by atoms with Gasteiger partial charge in [0, 0.05) is 0 Å². The topological polar surface area (TPSA) is 12.0 Å². The highest BCUT2D eigenvalue weighted by Gasteiger charge is 2.36. The van der Waals surface area contributed by atoms with E-state index in [9.17, 15) is 4.39 Å². The third-order valence-electron chi connectivity index (χ3n) is 4.56. The first-order valence-corrected chi connectivity index (χ1v) is 6.78. The van der Waals surface area contributed by atoms with Gasteiger partial charge in [0.1, 0.15) is 5.82 Å². The van der Waals surface area contributed by atoms with Crippen LogP contribution in [0, 0.1) is 23.6 Å². The maximum atomic E-state index is 12.9. The molecule has 0 amide bonds. The number of rotatable bonds is 2. The lowest BCUT2D eigenvalue weighted by Crippen LogP contribution is -2.28. The third kappa shape index (κ3) is 2.86. The molecule has 1 aliphatic carbocycles. The molecule has 1 aromatic rings. The standard InChI is InChI=1S/C15H20FN.ClH/c16-14-6-4-11(5-7-14)8-12-2-1-3-13-9-17-10-15(12)13;/h4-7,12-13,15,17H,1-3,8-10H2;1H. The normalized spacial score (nSPS) is 30.6. The molecule has 3 unspecified atom stereocenters. The maximum absolute atomic E-state index is 12.9. The molecule has 18 heavy (non-hydrogen) atoms. The molecule has 3 rings (SSSR count). The molecule has 2 aliphatic rings. The lowest BCUT2D eigenvalue weighted by Gasteiger charge is -2.33. The van der Waals surface area contributed by atoms with Gasteiger partial charge in [0.15, 0.2) is 0 Å². The fourth-order valence-corrected chi connectivity index (χ4v) is 3.65. The van der Waals surface area contributed by atoms with Crippen molar-refractivity contribution in [1.82, 2.24) is 5.32 Å². The second kappa shape index (κ2) is 6.03. The summed E-state index contributed by atoms with van der Waals surface area (Å²) in [7, 11) is 0. The Morgan fingerprint density at radius 3 is 2.67 bits per heavy atom. The van der Waals surface area contributed by atoms with Crippen molar-refractivity contribution in [3.05, 3.63) is 35.6 Å². The molecule has 1 aromatic carbocycles. The van der Waals surface area contributed by atoms with Gasteiger partial charge in [0.25, 0.3) is 0 Å². The number of hydrogen-bond donors (Lipinski definition) is 1. The predicted molar refractivity (Wildman–Crippen MR) is 74.5 cm³/mol. The lowest BCUT2D eigenvalue weighted by atomic mass is 9.71. The van der Waals surface area contributed by atoms with Gasteiger partial charge in [0.2, 0.25) is 0 Å². The molecule has 1 aliphatic heterocycles. The van der Waals surface area contributed by atoms with E-state index in [0.29, 0.717) is 0 Å². The SMILES string of the molecule is Cl.Fc1ccc(CC2CCCC3CNCC32)cc1. The Morgan fingerprint density at radius 2 is 1.89 bits per heavy atom. The minimum Gasteiger partial charge on any atom is -0.316 e. The van der Waals surface area contributed by atoms with Gasteiger partial charge in [-0.15, -0.1) is 12.4 Å². The summed E-state index contributed by atoms with van der Waals surface area (Å²) < 4.78 is 12.9. The van der Waals surface area contributed by atoms with Crippen LogP contribution in [-0.4, -0.2) is 13.1 Å². The Bertz CT molecular complexity index is 379. The van der Waals surface area contributed by atoms with Crippen LogP contribution in [-0.2, 0) is 6.42 Å². The van der Waals surface area contributed by atoms with Crippen LogP contribution < -0.4 is 5.32 Å². The van der Waals surface area contributed by atoms with E-state index in [1.807, 2.05) is 12.1 Å². The molecule has 3 heteroatoms. The molecular weight excluding hydrogens is 249 g/mol. The van der Waals surface area contributed by atoms with Gasteiger partial charge in [-0.05, 0) is 67.8 Å². The van der Waals surface area contributed by atoms with Crippen molar-refractivity contribution >= 4 is 12.4 Å². The van der Waals surface area contributed by atoms with Crippen molar-refractivity contribution in [2.24, 2.45) is 17.8 Å². The molecular formula is C15H21ClFN. The molecule has 2 fully saturated rings. The minimum absolute atomic E-state index is 0. The monoisotopic (exact) mass is 269 g/mol. The van der Waals surface area contributed by atoms with Crippen LogP contribution in [0.15, 0.2) is 24.3 Å². The molecule has 1 heterocycles. The zero-order valence-corrected chi connectivity index (χ0v) is 11.4. The van der Waals surface area contributed by atoms with Crippen LogP contribution in [0.25, 0.3) is 0 Å². The molecule has 1 N–H and O–H groups in total. The molecule has 0 aromatic heterocycles. The molecule has 0 bridgehead atoms. The van der Waals surface area contributed by atoms with Gasteiger partial charge in [0.05, 0.1) is 0 Å². The second-order valence-electron chi connectivity index (χ2n) is 5.60. The third-order valence-corrected chi connectivity index (χ3v) is 4.56. The van der Waals surface area contributed by atoms with Gasteiger partial charge in [-0.25, -0.2) is 4.39 Å². The van der Waals surface area contributed by atoms with Gasteiger partial charge in [-0.2, -0.15) is 0 Å². The van der Waals surface area contributed by atoms with Crippen molar-refractivity contribution in [2.75, 3.05) is 13.1 Å². The summed E-state index contributed by atoms with van der Waals surface area (Å²) in [6.45, 7) is 2.40. The van der Waals surface area contributed by atoms with E-state index in [1.54, 1.807) is 12.1 Å². The highest BCUT2D eigenvalue weighted by molar-refractivity contribution is 5.85. The largest absolute Gasteiger partial charge is 0.316 e. The van der Waals surface area contributed by atoms with Crippen molar-refractivity contribution in [3.8, 4) is 0 Å². The zero-order valence-electron chi connectivity index (χ0n) is 10.6. The van der Waals surface area contributed by atoms with Crippen molar-refractivity contribution < 1.29 is 4.39 Å². The molecule has 3 atom stereocenters. The zero-order chi connectivity index (χ0) is 11.7. The minimum atomic E-state index is -0.127. The summed E-state index contributed by atoms with van der Waals surface area (Å²) >= 11 is 0. The van der Waals surface area contributed by atoms with E-state index >= 15 is 0 Å². The van der Waals surface area contributed by atoms with Crippen LogP contribution in [0.4, 0.5) is 4.39 Å². The smallest absolute Gasteiger partial charge is 0.123 e. The van der Waals surface area contributed by atoms with Crippen molar-refractivity contribution in [1.29, 1.82) is 0 Å². The number of hydrogen-bond acceptors (Lipinski definition) is 1. The summed E-state index contributed by atoms with van der Waals surface area (Å²) in [5, 5.41) is 3.53. The van der Waals surface area contributed by atoms with Crippen LogP contribution >= 0.6 is 12.4 Å². The average Bonchev–Trinajstić information content (AvgIpc) is 2.81. The Hall–Kier alpha value is -0.600. The van der Waals surface area contributed by atoms with Crippen LogP contribution in [0.5, 0.6) is 0 Å². The van der Waals surface area contributed by atoms with Crippen molar-refractivity contribution in [2.45, 2.75) is 25.7 Å². The van der Waals surface area contributed by atoms with E-state index in [1.165, 1.54) is 37.9 Å². The number of nitrogens with one attached hydrogen (secondary N) is 1. The van der Waals surface area contributed by atoms with Gasteiger partial charge in [-0.3, -0.25) is 0 Å². The molecule has 100 valence electrons. The summed E-state index contributed by atoms with van der Waals surface area (Å²) in [5.74, 6) is 2.43. The van der Waals surface area contributed by atoms with E-state index < -0.39 is 0 Å². The summed E-state index contributed by atoms with van der Waals surface area (Å²) in [6, 6.07) is 7.06. The Kier molecular flexibility index (Phi) is 4.63. The highest BCUT2D eigenvalue weighted by atomic mass is 35.5. The van der Waals surface area contributed by atoms with Gasteiger partial charge in [-0.1, -0.05) is 18.6 Å².